The fourth-order valence-electron chi connectivity index (χ4n) is 4.32. The largest absolute Gasteiger partial charge is 0.481 e. The van der Waals surface area contributed by atoms with E-state index < -0.39 is 23.5 Å². The van der Waals surface area contributed by atoms with E-state index in [4.69, 9.17) is 5.11 Å². The number of benzene rings is 1. The second kappa shape index (κ2) is 7.93. The summed E-state index contributed by atoms with van der Waals surface area (Å²) >= 11 is 0. The number of carbonyl (C=O) groups is 4. The van der Waals surface area contributed by atoms with Crippen molar-refractivity contribution in [3.8, 4) is 0 Å². The van der Waals surface area contributed by atoms with Crippen molar-refractivity contribution in [2.45, 2.75) is 45.1 Å². The number of piperidine rings is 1. The summed E-state index contributed by atoms with van der Waals surface area (Å²) in [6.07, 6.45) is 1.43. The van der Waals surface area contributed by atoms with Gasteiger partial charge in [0.2, 0.25) is 17.7 Å². The maximum atomic E-state index is 13.2. The molecule has 3 N–H and O–H groups in total. The minimum atomic E-state index is -0.870. The van der Waals surface area contributed by atoms with Crippen LogP contribution in [0.4, 0.5) is 5.69 Å². The first kappa shape index (κ1) is 20.7. The molecular formula is C21H22N4O6. The molecular weight excluding hydrogens is 404 g/mol. The first-order chi connectivity index (χ1) is 14.7. The highest BCUT2D eigenvalue weighted by Gasteiger charge is 2.36. The van der Waals surface area contributed by atoms with E-state index in [9.17, 15) is 24.0 Å². The number of aliphatic carboxylic acids is 1. The molecule has 1 saturated carbocycles. The molecule has 2 aliphatic rings. The van der Waals surface area contributed by atoms with Gasteiger partial charge in [-0.2, -0.15) is 0 Å². The smallest absolute Gasteiger partial charge is 0.303 e. The van der Waals surface area contributed by atoms with Gasteiger partial charge in [-0.05, 0) is 44.2 Å². The Labute approximate surface area is 176 Å². The van der Waals surface area contributed by atoms with Crippen molar-refractivity contribution < 1.29 is 24.3 Å². The van der Waals surface area contributed by atoms with Crippen molar-refractivity contribution in [1.82, 2.24) is 14.9 Å². The zero-order chi connectivity index (χ0) is 22.3. The maximum Gasteiger partial charge on any atom is 0.303 e. The average Bonchev–Trinajstić information content (AvgIpc) is 2.66. The van der Waals surface area contributed by atoms with E-state index in [1.165, 1.54) is 4.57 Å². The van der Waals surface area contributed by atoms with Crippen LogP contribution in [-0.2, 0) is 19.2 Å². The van der Waals surface area contributed by atoms with Crippen LogP contribution in [0, 0.1) is 18.8 Å². The topological polar surface area (TPSA) is 147 Å². The van der Waals surface area contributed by atoms with Crippen LogP contribution in [0.15, 0.2) is 23.0 Å². The summed E-state index contributed by atoms with van der Waals surface area (Å²) in [4.78, 5) is 64.7. The van der Waals surface area contributed by atoms with E-state index in [0.29, 0.717) is 29.9 Å². The Bertz CT molecular complexity index is 1160. The van der Waals surface area contributed by atoms with Gasteiger partial charge in [0.25, 0.3) is 5.56 Å². The van der Waals surface area contributed by atoms with Gasteiger partial charge >= 0.3 is 5.97 Å². The lowest BCUT2D eigenvalue weighted by atomic mass is 9.73. The first-order valence-electron chi connectivity index (χ1n) is 10.1. The van der Waals surface area contributed by atoms with Crippen molar-refractivity contribution in [3.63, 3.8) is 0 Å². The number of anilines is 1. The van der Waals surface area contributed by atoms with Gasteiger partial charge in [0.1, 0.15) is 17.4 Å². The summed E-state index contributed by atoms with van der Waals surface area (Å²) in [5, 5.41) is 14.2. The maximum absolute atomic E-state index is 13.2. The van der Waals surface area contributed by atoms with Crippen molar-refractivity contribution in [3.05, 3.63) is 34.4 Å². The zero-order valence-corrected chi connectivity index (χ0v) is 16.9. The molecule has 2 aromatic rings. The summed E-state index contributed by atoms with van der Waals surface area (Å²) < 4.78 is 1.29. The highest BCUT2D eigenvalue weighted by molar-refractivity contribution is 6.02. The lowest BCUT2D eigenvalue weighted by Crippen LogP contribution is -2.45. The molecule has 1 atom stereocenters. The zero-order valence-electron chi connectivity index (χ0n) is 16.9. The molecule has 2 fully saturated rings. The molecule has 10 nitrogen and oxygen atoms in total. The Morgan fingerprint density at radius 1 is 1.26 bits per heavy atom. The molecule has 1 aromatic heterocycles. The van der Waals surface area contributed by atoms with Gasteiger partial charge < -0.3 is 10.4 Å². The minimum Gasteiger partial charge on any atom is -0.481 e. The number of aryl methyl sites for hydroxylation is 1. The number of nitrogens with one attached hydrogen (secondary N) is 2. The van der Waals surface area contributed by atoms with E-state index in [1.54, 1.807) is 25.1 Å². The van der Waals surface area contributed by atoms with Crippen LogP contribution in [0.1, 0.15) is 44.0 Å². The molecule has 1 saturated heterocycles. The molecule has 162 valence electrons. The molecule has 3 amide bonds. The quantitative estimate of drug-likeness (QED) is 0.607. The van der Waals surface area contributed by atoms with E-state index in [0.717, 1.165) is 0 Å². The Morgan fingerprint density at radius 2 is 2.00 bits per heavy atom. The number of carboxylic acid groups (broad SMARTS) is 1. The molecule has 1 aromatic carbocycles. The Kier molecular flexibility index (Phi) is 5.30. The second-order valence-corrected chi connectivity index (χ2v) is 8.12. The third-order valence-electron chi connectivity index (χ3n) is 5.96. The Hall–Kier alpha value is -3.56. The third-order valence-corrected chi connectivity index (χ3v) is 5.96. The molecule has 1 aliphatic heterocycles. The number of hydrogen-bond acceptors (Lipinski definition) is 6. The fourth-order valence-corrected chi connectivity index (χ4v) is 4.32. The van der Waals surface area contributed by atoms with Crippen molar-refractivity contribution in [1.29, 1.82) is 0 Å². The molecule has 0 spiro atoms. The van der Waals surface area contributed by atoms with Crippen molar-refractivity contribution in [2.24, 2.45) is 11.8 Å². The minimum absolute atomic E-state index is 0.00172. The van der Waals surface area contributed by atoms with Crippen molar-refractivity contribution >= 4 is 40.3 Å². The SMILES string of the molecule is Cc1nc2c(NC(=O)C3CC(CC(=O)O)C3)cccc2c(=O)n1C1CCC(=O)NC1=O. The van der Waals surface area contributed by atoms with Crippen LogP contribution in [0.25, 0.3) is 10.9 Å². The van der Waals surface area contributed by atoms with Gasteiger partial charge in [0.15, 0.2) is 0 Å². The van der Waals surface area contributed by atoms with Gasteiger partial charge in [-0.1, -0.05) is 6.07 Å². The number of rotatable bonds is 5. The van der Waals surface area contributed by atoms with Crippen molar-refractivity contribution in [2.75, 3.05) is 5.32 Å². The number of amides is 3. The molecule has 1 aliphatic carbocycles. The summed E-state index contributed by atoms with van der Waals surface area (Å²) in [6.45, 7) is 1.60. The third kappa shape index (κ3) is 3.92. The van der Waals surface area contributed by atoms with Gasteiger partial charge in [-0.25, -0.2) is 4.98 Å². The first-order valence-corrected chi connectivity index (χ1v) is 10.1. The predicted octanol–water partition coefficient (Wildman–Crippen LogP) is 1.12. The van der Waals surface area contributed by atoms with Crippen LogP contribution >= 0.6 is 0 Å². The monoisotopic (exact) mass is 426 g/mol. The summed E-state index contributed by atoms with van der Waals surface area (Å²) in [5.41, 5.74) is 0.293. The Morgan fingerprint density at radius 3 is 2.68 bits per heavy atom. The van der Waals surface area contributed by atoms with Crippen LogP contribution in [-0.4, -0.2) is 38.3 Å². The van der Waals surface area contributed by atoms with Crippen LogP contribution in [0.5, 0.6) is 0 Å². The van der Waals surface area contributed by atoms with Gasteiger partial charge in [0.05, 0.1) is 11.1 Å². The average molecular weight is 426 g/mol. The van der Waals surface area contributed by atoms with Crippen LogP contribution in [0.2, 0.25) is 0 Å². The highest BCUT2D eigenvalue weighted by Crippen LogP contribution is 2.37. The predicted molar refractivity (Wildman–Crippen MR) is 109 cm³/mol. The number of para-hydroxylation sites is 1. The molecule has 1 unspecified atom stereocenters. The molecule has 10 heteroatoms. The summed E-state index contributed by atoms with van der Waals surface area (Å²) in [7, 11) is 0. The highest BCUT2D eigenvalue weighted by atomic mass is 16.4. The van der Waals surface area contributed by atoms with Gasteiger partial charge in [-0.3, -0.25) is 33.9 Å². The normalized spacial score (nSPS) is 23.2. The lowest BCUT2D eigenvalue weighted by Gasteiger charge is -2.33. The summed E-state index contributed by atoms with van der Waals surface area (Å²) in [6, 6.07) is 4.03. The number of aromatic nitrogens is 2. The second-order valence-electron chi connectivity index (χ2n) is 8.12. The van der Waals surface area contributed by atoms with Crippen LogP contribution in [0.3, 0.4) is 0 Å². The molecule has 0 radical (unpaired) electrons. The van der Waals surface area contributed by atoms with E-state index in [2.05, 4.69) is 15.6 Å². The molecule has 4 rings (SSSR count). The number of fused-ring (bicyclic) bond motifs is 1. The van der Waals surface area contributed by atoms with Gasteiger partial charge in [0, 0.05) is 18.8 Å². The number of carbonyl (C=O) groups excluding carboxylic acids is 3. The lowest BCUT2D eigenvalue weighted by molar-refractivity contribution is -0.140. The number of nitrogens with zero attached hydrogens (tertiary/aromatic N) is 2. The van der Waals surface area contributed by atoms with Gasteiger partial charge in [-0.15, -0.1) is 0 Å². The number of imide groups is 1. The molecule has 0 bridgehead atoms. The van der Waals surface area contributed by atoms with E-state index in [1.807, 2.05) is 0 Å². The Balaban J connectivity index is 1.60. The molecule has 2 heterocycles. The number of carboxylic acids is 1. The molecule has 31 heavy (non-hydrogen) atoms. The standard InChI is InChI=1S/C21H22N4O6/c1-10-22-18-13(21(31)25(10)15-5-6-16(26)24-20(15)30)3-2-4-14(18)23-19(29)12-7-11(8-12)9-17(27)28/h2-4,11-12,15H,5-9H2,1H3,(H,23,29)(H,27,28)(H,24,26,30). The van der Waals surface area contributed by atoms with E-state index >= 15 is 0 Å². The summed E-state index contributed by atoms with van der Waals surface area (Å²) in [5.74, 6) is -1.97. The van der Waals surface area contributed by atoms with Crippen LogP contribution < -0.4 is 16.2 Å². The number of hydrogen-bond donors (Lipinski definition) is 3. The van der Waals surface area contributed by atoms with E-state index in [-0.39, 0.29) is 48.3 Å². The fraction of sp³-hybridized carbons (Fsp3) is 0.429.